The van der Waals surface area contributed by atoms with Crippen LogP contribution in [0, 0.1) is 0 Å². The molecule has 1 aromatic rings. The lowest BCUT2D eigenvalue weighted by Gasteiger charge is -2.15. The van der Waals surface area contributed by atoms with Gasteiger partial charge >= 0.3 is 6.03 Å². The summed E-state index contributed by atoms with van der Waals surface area (Å²) in [7, 11) is -8.58. The summed E-state index contributed by atoms with van der Waals surface area (Å²) in [4.78, 5) is 45.6. The molecule has 1 aromatic heterocycles. The van der Waals surface area contributed by atoms with E-state index in [0.717, 1.165) is 0 Å². The van der Waals surface area contributed by atoms with Gasteiger partial charge in [-0.1, -0.05) is 0 Å². The molecule has 170 valence electrons. The minimum absolute atomic E-state index is 0.283. The molecule has 0 atom stereocenters. The normalized spacial score (nSPS) is 15.6. The lowest BCUT2D eigenvalue weighted by atomic mass is 10.2. The molecule has 0 aromatic carbocycles. The largest absolute Gasteiger partial charge is 0.353 e. The number of nitrogens with zero attached hydrogens (tertiary/aromatic N) is 5. The van der Waals surface area contributed by atoms with Gasteiger partial charge in [0.15, 0.2) is 0 Å². The van der Waals surface area contributed by atoms with Crippen molar-refractivity contribution in [2.75, 3.05) is 35.2 Å². The number of hydrogen-bond acceptors (Lipinski definition) is 14. The van der Waals surface area contributed by atoms with Crippen molar-refractivity contribution in [3.8, 4) is 0 Å². The highest BCUT2D eigenvalue weighted by Gasteiger charge is 2.34. The SMILES string of the molecule is O=C1NC(=O)C(N=Nc2nc(NCCS(=O)(=O)O)nc(NCCS(=O)(=O)O)n2)C(=O)N1. The van der Waals surface area contributed by atoms with E-state index < -0.39 is 61.6 Å². The first kappa shape index (κ1) is 23.9. The van der Waals surface area contributed by atoms with Crippen molar-refractivity contribution in [2.45, 2.75) is 6.04 Å². The first-order chi connectivity index (χ1) is 14.3. The van der Waals surface area contributed by atoms with Crippen molar-refractivity contribution in [3.05, 3.63) is 0 Å². The Bertz CT molecular complexity index is 1040. The minimum atomic E-state index is -4.29. The van der Waals surface area contributed by atoms with Crippen LogP contribution in [0.1, 0.15) is 0 Å². The number of azo groups is 1. The van der Waals surface area contributed by atoms with E-state index in [0.29, 0.717) is 0 Å². The van der Waals surface area contributed by atoms with Crippen molar-refractivity contribution in [2.24, 2.45) is 10.2 Å². The molecule has 6 N–H and O–H groups in total. The molecule has 31 heavy (non-hydrogen) atoms. The van der Waals surface area contributed by atoms with Gasteiger partial charge < -0.3 is 10.6 Å². The maximum atomic E-state index is 11.7. The van der Waals surface area contributed by atoms with Crippen LogP contribution in [0.5, 0.6) is 0 Å². The molecule has 1 saturated heterocycles. The second kappa shape index (κ2) is 9.63. The molecule has 1 aliphatic rings. The number of amides is 4. The van der Waals surface area contributed by atoms with Gasteiger partial charge in [-0.05, 0) is 0 Å². The first-order valence-electron chi connectivity index (χ1n) is 8.03. The van der Waals surface area contributed by atoms with Crippen LogP contribution >= 0.6 is 0 Å². The Labute approximate surface area is 173 Å². The number of nitrogens with one attached hydrogen (secondary N) is 4. The van der Waals surface area contributed by atoms with Crippen molar-refractivity contribution in [1.82, 2.24) is 25.6 Å². The molecule has 0 unspecified atom stereocenters. The number of aromatic nitrogens is 3. The van der Waals surface area contributed by atoms with E-state index in [1.165, 1.54) is 0 Å². The van der Waals surface area contributed by atoms with Crippen LogP contribution in [0.2, 0.25) is 0 Å². The van der Waals surface area contributed by atoms with Crippen LogP contribution in [0.3, 0.4) is 0 Å². The van der Waals surface area contributed by atoms with Gasteiger partial charge in [-0.25, -0.2) is 4.79 Å². The van der Waals surface area contributed by atoms with E-state index in [-0.39, 0.29) is 25.0 Å². The molecule has 20 heteroatoms. The van der Waals surface area contributed by atoms with Gasteiger partial charge in [-0.15, -0.1) is 5.11 Å². The van der Waals surface area contributed by atoms with Crippen molar-refractivity contribution < 1.29 is 40.3 Å². The fraction of sp³-hybridized carbons (Fsp3) is 0.455. The quantitative estimate of drug-likeness (QED) is 0.113. The highest BCUT2D eigenvalue weighted by atomic mass is 32.2. The van der Waals surface area contributed by atoms with E-state index in [9.17, 15) is 31.2 Å². The third kappa shape index (κ3) is 8.49. The topological polar surface area (TPSA) is 271 Å². The summed E-state index contributed by atoms with van der Waals surface area (Å²) in [5, 5.41) is 15.4. The van der Waals surface area contributed by atoms with Crippen LogP contribution in [0.25, 0.3) is 0 Å². The third-order valence-corrected chi connectivity index (χ3v) is 4.58. The molecule has 2 rings (SSSR count). The molecular weight excluding hydrogens is 466 g/mol. The summed E-state index contributed by atoms with van der Waals surface area (Å²) in [5.74, 6) is -4.55. The molecule has 4 amide bonds. The fourth-order valence-corrected chi connectivity index (χ4v) is 2.60. The summed E-state index contributed by atoms with van der Waals surface area (Å²) in [6.45, 7) is -0.668. The number of urea groups is 1. The second-order valence-corrected chi connectivity index (χ2v) is 8.78. The van der Waals surface area contributed by atoms with Crippen LogP contribution in [0.4, 0.5) is 22.6 Å². The van der Waals surface area contributed by atoms with E-state index >= 15 is 0 Å². The average molecular weight is 481 g/mol. The summed E-state index contributed by atoms with van der Waals surface area (Å²) >= 11 is 0. The van der Waals surface area contributed by atoms with Gasteiger partial charge in [0.25, 0.3) is 38.0 Å². The highest BCUT2D eigenvalue weighted by Crippen LogP contribution is 2.13. The van der Waals surface area contributed by atoms with Gasteiger partial charge in [0, 0.05) is 13.1 Å². The number of hydrogen-bond donors (Lipinski definition) is 6. The van der Waals surface area contributed by atoms with Crippen LogP contribution < -0.4 is 21.3 Å². The zero-order chi connectivity index (χ0) is 23.2. The molecule has 0 saturated carbocycles. The summed E-state index contributed by atoms with van der Waals surface area (Å²) in [6.07, 6.45) is 0. The smallest absolute Gasteiger partial charge is 0.328 e. The Balaban J connectivity index is 2.21. The van der Waals surface area contributed by atoms with Gasteiger partial charge in [0.2, 0.25) is 17.9 Å². The van der Waals surface area contributed by atoms with E-state index in [1.807, 2.05) is 0 Å². The van der Waals surface area contributed by atoms with Crippen molar-refractivity contribution >= 4 is 55.9 Å². The van der Waals surface area contributed by atoms with Gasteiger partial charge in [-0.3, -0.25) is 29.3 Å². The number of carbonyl (C=O) groups excluding carboxylic acids is 3. The molecular formula is C11H15N9O9S2. The zero-order valence-corrected chi connectivity index (χ0v) is 16.8. The molecule has 2 heterocycles. The number of carbonyl (C=O) groups is 3. The summed E-state index contributed by atoms with van der Waals surface area (Å²) in [5.41, 5.74) is 0. The second-order valence-electron chi connectivity index (χ2n) is 5.63. The molecule has 1 aliphatic heterocycles. The maximum Gasteiger partial charge on any atom is 0.328 e. The molecule has 0 aliphatic carbocycles. The average Bonchev–Trinajstić information content (AvgIpc) is 2.58. The van der Waals surface area contributed by atoms with Crippen LogP contribution in [-0.2, 0) is 29.8 Å². The molecule has 0 radical (unpaired) electrons. The van der Waals surface area contributed by atoms with Crippen LogP contribution in [0.15, 0.2) is 10.2 Å². The number of imide groups is 2. The van der Waals surface area contributed by atoms with Gasteiger partial charge in [0.1, 0.15) is 0 Å². The number of barbiturate groups is 1. The lowest BCUT2D eigenvalue weighted by Crippen LogP contribution is -2.57. The van der Waals surface area contributed by atoms with Gasteiger partial charge in [-0.2, -0.15) is 36.9 Å². The molecule has 18 nitrogen and oxygen atoms in total. The van der Waals surface area contributed by atoms with E-state index in [2.05, 4.69) is 35.8 Å². The van der Waals surface area contributed by atoms with Gasteiger partial charge in [0.05, 0.1) is 11.5 Å². The standard InChI is InChI=1S/C11H15N9O9S2/c21-6-5(7(22)15-11(23)14-6)19-20-10-17-8(12-1-3-30(24,25)26)16-9(18-10)13-2-4-31(27,28)29/h5H,1-4H2,(H,24,25,26)(H,27,28,29)(H2,12,13,16,17,18)(H2,14,15,21,22,23). The third-order valence-electron chi connectivity index (χ3n) is 3.14. The lowest BCUT2D eigenvalue weighted by molar-refractivity contribution is -0.131. The van der Waals surface area contributed by atoms with Crippen LogP contribution in [-0.4, -0.2) is 89.4 Å². The van der Waals surface area contributed by atoms with Crippen molar-refractivity contribution in [1.29, 1.82) is 0 Å². The maximum absolute atomic E-state index is 11.7. The molecule has 0 spiro atoms. The highest BCUT2D eigenvalue weighted by molar-refractivity contribution is 7.86. The van der Waals surface area contributed by atoms with E-state index in [4.69, 9.17) is 9.11 Å². The number of rotatable bonds is 10. The Kier molecular flexibility index (Phi) is 7.43. The molecule has 1 fully saturated rings. The number of anilines is 2. The predicted molar refractivity (Wildman–Crippen MR) is 99.6 cm³/mol. The monoisotopic (exact) mass is 481 g/mol. The van der Waals surface area contributed by atoms with E-state index in [1.54, 1.807) is 10.6 Å². The summed E-state index contributed by atoms with van der Waals surface area (Å²) < 4.78 is 60.7. The zero-order valence-electron chi connectivity index (χ0n) is 15.2. The first-order valence-corrected chi connectivity index (χ1v) is 11.2. The summed E-state index contributed by atoms with van der Waals surface area (Å²) in [6, 6.07) is -2.75. The van der Waals surface area contributed by atoms with Crippen molar-refractivity contribution in [3.63, 3.8) is 0 Å². The minimum Gasteiger partial charge on any atom is -0.353 e. The Hall–Kier alpha value is -3.36. The predicted octanol–water partition coefficient (Wildman–Crippen LogP) is -2.71. The Morgan fingerprint density at radius 2 is 1.29 bits per heavy atom. The molecule has 0 bridgehead atoms. The Morgan fingerprint density at radius 3 is 1.71 bits per heavy atom. The Morgan fingerprint density at radius 1 is 0.839 bits per heavy atom. The fourth-order valence-electron chi connectivity index (χ4n) is 1.88.